The molecule has 18 heavy (non-hydrogen) atoms. The van der Waals surface area contributed by atoms with Gasteiger partial charge >= 0.3 is 0 Å². The van der Waals surface area contributed by atoms with E-state index in [4.69, 9.17) is 5.73 Å². The minimum Gasteiger partial charge on any atom is -0.329 e. The second-order valence-corrected chi connectivity index (χ2v) is 5.01. The molecular formula is C12H14N4OS. The van der Waals surface area contributed by atoms with Gasteiger partial charge in [-0.15, -0.1) is 0 Å². The Kier molecular flexibility index (Phi) is 4.11. The monoisotopic (exact) mass is 262 g/mol. The van der Waals surface area contributed by atoms with Gasteiger partial charge in [0.15, 0.2) is 5.16 Å². The molecule has 6 heteroatoms. The van der Waals surface area contributed by atoms with Crippen LogP contribution in [0.4, 0.5) is 0 Å². The lowest BCUT2D eigenvalue weighted by Crippen LogP contribution is -2.13. The average Bonchev–Trinajstić information content (AvgIpc) is 2.36. The van der Waals surface area contributed by atoms with Crippen LogP contribution < -0.4 is 11.3 Å². The number of nitrogens with one attached hydrogen (secondary N) is 1. The second kappa shape index (κ2) is 5.79. The number of hydrogen-bond donors (Lipinski definition) is 2. The van der Waals surface area contributed by atoms with E-state index in [0.717, 1.165) is 5.56 Å². The first kappa shape index (κ1) is 12.8. The third kappa shape index (κ3) is 3.18. The second-order valence-electron chi connectivity index (χ2n) is 3.82. The molecule has 3 N–H and O–H groups in total. The Morgan fingerprint density at radius 2 is 2.39 bits per heavy atom. The number of thioether (sulfide) groups is 1. The molecule has 0 bridgehead atoms. The van der Waals surface area contributed by atoms with E-state index in [2.05, 4.69) is 15.0 Å². The van der Waals surface area contributed by atoms with Crippen LogP contribution in [-0.4, -0.2) is 21.5 Å². The van der Waals surface area contributed by atoms with E-state index in [0.29, 0.717) is 17.4 Å². The summed E-state index contributed by atoms with van der Waals surface area (Å²) in [6, 6.07) is 5.29. The van der Waals surface area contributed by atoms with E-state index in [9.17, 15) is 4.79 Å². The van der Waals surface area contributed by atoms with Gasteiger partial charge < -0.3 is 10.7 Å². The third-order valence-corrected chi connectivity index (χ3v) is 3.54. The maximum atomic E-state index is 11.4. The Bertz CT molecular complexity index is 570. The number of aromatic nitrogens is 3. The predicted octanol–water partition coefficient (Wildman–Crippen LogP) is 1.27. The van der Waals surface area contributed by atoms with Gasteiger partial charge in [-0.2, -0.15) is 0 Å². The first-order valence-electron chi connectivity index (χ1n) is 5.53. The van der Waals surface area contributed by atoms with E-state index >= 15 is 0 Å². The summed E-state index contributed by atoms with van der Waals surface area (Å²) in [5.74, 6) is 0. The van der Waals surface area contributed by atoms with Crippen LogP contribution in [0, 0.1) is 6.92 Å². The predicted molar refractivity (Wildman–Crippen MR) is 71.5 cm³/mol. The molecule has 0 spiro atoms. The van der Waals surface area contributed by atoms with Crippen LogP contribution in [-0.2, 0) is 0 Å². The Labute approximate surface area is 109 Å². The van der Waals surface area contributed by atoms with Crippen molar-refractivity contribution >= 4 is 11.8 Å². The Morgan fingerprint density at radius 1 is 1.56 bits per heavy atom. The normalized spacial score (nSPS) is 12.3. The van der Waals surface area contributed by atoms with Crippen molar-refractivity contribution in [3.05, 3.63) is 52.2 Å². The zero-order valence-electron chi connectivity index (χ0n) is 9.96. The fourth-order valence-corrected chi connectivity index (χ4v) is 2.56. The SMILES string of the molecule is Cc1cc(=O)[nH]c(SC(CN)c2cccnc2)n1. The molecule has 0 radical (unpaired) electrons. The lowest BCUT2D eigenvalue weighted by atomic mass is 10.2. The largest absolute Gasteiger partial charge is 0.329 e. The van der Waals surface area contributed by atoms with Gasteiger partial charge in [-0.3, -0.25) is 9.78 Å². The minimum atomic E-state index is -0.146. The molecule has 2 heterocycles. The highest BCUT2D eigenvalue weighted by molar-refractivity contribution is 7.99. The van der Waals surface area contributed by atoms with E-state index in [1.165, 1.54) is 17.8 Å². The van der Waals surface area contributed by atoms with Gasteiger partial charge in [-0.25, -0.2) is 4.98 Å². The van der Waals surface area contributed by atoms with Crippen molar-refractivity contribution in [2.24, 2.45) is 5.73 Å². The first-order chi connectivity index (χ1) is 8.69. The number of nitrogens with zero attached hydrogens (tertiary/aromatic N) is 2. The molecule has 1 unspecified atom stereocenters. The van der Waals surface area contributed by atoms with Crippen molar-refractivity contribution in [2.45, 2.75) is 17.3 Å². The Hall–Kier alpha value is -1.66. The summed E-state index contributed by atoms with van der Waals surface area (Å²) in [4.78, 5) is 22.4. The molecule has 0 saturated carbocycles. The van der Waals surface area contributed by atoms with E-state index in [1.54, 1.807) is 19.3 Å². The minimum absolute atomic E-state index is 0.0312. The standard InChI is InChI=1S/C12H14N4OS/c1-8-5-11(17)16-12(15-8)18-10(6-13)9-3-2-4-14-7-9/h2-5,7,10H,6,13H2,1H3,(H,15,16,17). The number of rotatable bonds is 4. The zero-order chi connectivity index (χ0) is 13.0. The molecule has 0 fully saturated rings. The Morgan fingerprint density at radius 3 is 3.00 bits per heavy atom. The van der Waals surface area contributed by atoms with Gasteiger partial charge in [0, 0.05) is 30.7 Å². The number of nitrogens with two attached hydrogens (primary N) is 1. The summed E-state index contributed by atoms with van der Waals surface area (Å²) in [5, 5.41) is 0.614. The van der Waals surface area contributed by atoms with Crippen molar-refractivity contribution in [3.8, 4) is 0 Å². The molecule has 0 saturated heterocycles. The number of pyridine rings is 1. The van der Waals surface area contributed by atoms with Crippen LogP contribution >= 0.6 is 11.8 Å². The van der Waals surface area contributed by atoms with Gasteiger partial charge in [0.05, 0.1) is 5.25 Å². The molecule has 5 nitrogen and oxygen atoms in total. The number of H-pyrrole nitrogens is 1. The van der Waals surface area contributed by atoms with E-state index in [-0.39, 0.29) is 10.8 Å². The molecule has 0 aliphatic rings. The van der Waals surface area contributed by atoms with Crippen molar-refractivity contribution in [2.75, 3.05) is 6.54 Å². The average molecular weight is 262 g/mol. The fraction of sp³-hybridized carbons (Fsp3) is 0.250. The van der Waals surface area contributed by atoms with Gasteiger partial charge in [-0.05, 0) is 18.6 Å². The van der Waals surface area contributed by atoms with Crippen LogP contribution in [0.25, 0.3) is 0 Å². The molecule has 0 aliphatic heterocycles. The lowest BCUT2D eigenvalue weighted by molar-refractivity contribution is 0.877. The van der Waals surface area contributed by atoms with Gasteiger partial charge in [0.1, 0.15) is 0 Å². The molecule has 0 aliphatic carbocycles. The molecule has 2 rings (SSSR count). The highest BCUT2D eigenvalue weighted by atomic mass is 32.2. The molecule has 0 aromatic carbocycles. The smallest absolute Gasteiger partial charge is 0.251 e. The van der Waals surface area contributed by atoms with Crippen LogP contribution in [0.5, 0.6) is 0 Å². The zero-order valence-corrected chi connectivity index (χ0v) is 10.8. The van der Waals surface area contributed by atoms with Crippen LogP contribution in [0.2, 0.25) is 0 Å². The topological polar surface area (TPSA) is 84.7 Å². The van der Waals surface area contributed by atoms with E-state index in [1.807, 2.05) is 12.1 Å². The van der Waals surface area contributed by atoms with Crippen molar-refractivity contribution in [3.63, 3.8) is 0 Å². The molecule has 2 aromatic heterocycles. The summed E-state index contributed by atoms with van der Waals surface area (Å²) in [6.07, 6.45) is 3.49. The summed E-state index contributed by atoms with van der Waals surface area (Å²) in [6.45, 7) is 2.24. The quantitative estimate of drug-likeness (QED) is 0.640. The summed E-state index contributed by atoms with van der Waals surface area (Å²) < 4.78 is 0. The molecule has 2 aromatic rings. The Balaban J connectivity index is 2.23. The van der Waals surface area contributed by atoms with Crippen LogP contribution in [0.1, 0.15) is 16.5 Å². The van der Waals surface area contributed by atoms with Gasteiger partial charge in [0.2, 0.25) is 0 Å². The number of aryl methyl sites for hydroxylation is 1. The first-order valence-corrected chi connectivity index (χ1v) is 6.41. The van der Waals surface area contributed by atoms with Crippen molar-refractivity contribution in [1.82, 2.24) is 15.0 Å². The fourth-order valence-electron chi connectivity index (χ4n) is 1.56. The van der Waals surface area contributed by atoms with Crippen molar-refractivity contribution in [1.29, 1.82) is 0 Å². The highest BCUT2D eigenvalue weighted by Gasteiger charge is 2.13. The number of hydrogen-bond acceptors (Lipinski definition) is 5. The maximum absolute atomic E-state index is 11.4. The molecule has 94 valence electrons. The maximum Gasteiger partial charge on any atom is 0.251 e. The highest BCUT2D eigenvalue weighted by Crippen LogP contribution is 2.31. The third-order valence-electron chi connectivity index (χ3n) is 2.37. The summed E-state index contributed by atoms with van der Waals surface area (Å²) >= 11 is 1.44. The molecule has 0 amide bonds. The number of aromatic amines is 1. The van der Waals surface area contributed by atoms with Crippen LogP contribution in [0.3, 0.4) is 0 Å². The summed E-state index contributed by atoms with van der Waals surface area (Å²) in [7, 11) is 0. The molecular weight excluding hydrogens is 248 g/mol. The molecule has 1 atom stereocenters. The van der Waals surface area contributed by atoms with Crippen molar-refractivity contribution < 1.29 is 0 Å². The van der Waals surface area contributed by atoms with Gasteiger partial charge in [-0.1, -0.05) is 17.8 Å². The summed E-state index contributed by atoms with van der Waals surface area (Å²) in [5.41, 5.74) is 7.33. The lowest BCUT2D eigenvalue weighted by Gasteiger charge is -2.13. The van der Waals surface area contributed by atoms with Gasteiger partial charge in [0.25, 0.3) is 5.56 Å². The van der Waals surface area contributed by atoms with E-state index < -0.39 is 0 Å². The van der Waals surface area contributed by atoms with Crippen LogP contribution in [0.15, 0.2) is 40.5 Å².